The Bertz CT molecular complexity index is 1180. The van der Waals surface area contributed by atoms with Gasteiger partial charge in [0.25, 0.3) is 0 Å². The van der Waals surface area contributed by atoms with Crippen LogP contribution < -0.4 is 9.47 Å². The van der Waals surface area contributed by atoms with Crippen LogP contribution in [-0.4, -0.2) is 33.3 Å². The summed E-state index contributed by atoms with van der Waals surface area (Å²) in [5.41, 5.74) is 2.39. The lowest BCUT2D eigenvalue weighted by atomic mass is 9.84. The largest absolute Gasteiger partial charge is 0.508 e. The summed E-state index contributed by atoms with van der Waals surface area (Å²) in [4.78, 5) is 13.5. The van der Waals surface area contributed by atoms with Gasteiger partial charge in [0.1, 0.15) is 46.5 Å². The highest BCUT2D eigenvalue weighted by Crippen LogP contribution is 2.50. The topological polar surface area (TPSA) is 96.2 Å². The number of Topliss-reactive ketones (excluding diaryl/α,β-unsaturated/α-hetero) is 1. The molecule has 32 heavy (non-hydrogen) atoms. The summed E-state index contributed by atoms with van der Waals surface area (Å²) in [6.45, 7) is 9.38. The van der Waals surface area contributed by atoms with Crippen LogP contribution in [0.1, 0.15) is 66.2 Å². The number of phenols is 3. The molecule has 6 heteroatoms. The van der Waals surface area contributed by atoms with Crippen LogP contribution in [0, 0.1) is 6.92 Å². The Balaban J connectivity index is 1.80. The number of allylic oxidation sites excluding steroid dienone is 2. The van der Waals surface area contributed by atoms with Crippen molar-refractivity contribution in [1.82, 2.24) is 0 Å². The third-order valence-corrected chi connectivity index (χ3v) is 6.00. The zero-order valence-corrected chi connectivity index (χ0v) is 18.9. The molecule has 4 rings (SSSR count). The van der Waals surface area contributed by atoms with Crippen LogP contribution in [0.4, 0.5) is 0 Å². The van der Waals surface area contributed by atoms with E-state index in [1.54, 1.807) is 6.92 Å². The Kier molecular flexibility index (Phi) is 5.19. The van der Waals surface area contributed by atoms with E-state index in [2.05, 4.69) is 0 Å². The first-order chi connectivity index (χ1) is 15.0. The van der Waals surface area contributed by atoms with E-state index in [-0.39, 0.29) is 35.2 Å². The maximum atomic E-state index is 13.5. The Hall–Kier alpha value is -3.41. The van der Waals surface area contributed by atoms with Gasteiger partial charge in [0.2, 0.25) is 0 Å². The summed E-state index contributed by atoms with van der Waals surface area (Å²) in [7, 11) is 0. The van der Waals surface area contributed by atoms with Gasteiger partial charge in [-0.05, 0) is 59.3 Å². The van der Waals surface area contributed by atoms with Crippen LogP contribution in [0.5, 0.6) is 28.7 Å². The normalized spacial score (nSPS) is 18.3. The van der Waals surface area contributed by atoms with E-state index < -0.39 is 11.5 Å². The number of hydrogen-bond donors (Lipinski definition) is 3. The summed E-state index contributed by atoms with van der Waals surface area (Å²) < 4.78 is 12.0. The summed E-state index contributed by atoms with van der Waals surface area (Å²) in [6.07, 6.45) is 5.96. The van der Waals surface area contributed by atoms with Crippen molar-refractivity contribution in [3.63, 3.8) is 0 Å². The maximum absolute atomic E-state index is 13.5. The lowest BCUT2D eigenvalue weighted by Crippen LogP contribution is -2.31. The first-order valence-electron chi connectivity index (χ1n) is 10.6. The van der Waals surface area contributed by atoms with Crippen molar-refractivity contribution in [3.8, 4) is 28.7 Å². The minimum Gasteiger partial charge on any atom is -0.508 e. The molecule has 0 amide bonds. The molecule has 0 saturated carbocycles. The summed E-state index contributed by atoms with van der Waals surface area (Å²) in [5.74, 6) is -0.722. The molecule has 0 bridgehead atoms. The number of fused-ring (bicyclic) bond motifs is 3. The van der Waals surface area contributed by atoms with Gasteiger partial charge in [0.15, 0.2) is 5.78 Å². The molecule has 2 aromatic carbocycles. The van der Waals surface area contributed by atoms with Crippen molar-refractivity contribution >= 4 is 11.9 Å². The second kappa shape index (κ2) is 7.62. The smallest absolute Gasteiger partial charge is 0.181 e. The molecule has 1 unspecified atom stereocenters. The molecule has 2 aliphatic heterocycles. The van der Waals surface area contributed by atoms with Gasteiger partial charge in [-0.2, -0.15) is 0 Å². The van der Waals surface area contributed by atoms with Gasteiger partial charge in [-0.3, -0.25) is 4.79 Å². The minimum atomic E-state index is -0.818. The van der Waals surface area contributed by atoms with Crippen LogP contribution in [0.25, 0.3) is 6.08 Å². The predicted molar refractivity (Wildman–Crippen MR) is 122 cm³/mol. The van der Waals surface area contributed by atoms with Gasteiger partial charge in [-0.15, -0.1) is 0 Å². The number of ketones is 1. The van der Waals surface area contributed by atoms with E-state index in [9.17, 15) is 20.1 Å². The number of aromatic hydroxyl groups is 3. The molecule has 3 N–H and O–H groups in total. The first-order valence-corrected chi connectivity index (χ1v) is 10.6. The lowest BCUT2D eigenvalue weighted by Gasteiger charge is -2.33. The van der Waals surface area contributed by atoms with Crippen LogP contribution in [0.15, 0.2) is 29.9 Å². The Morgan fingerprint density at radius 1 is 1.16 bits per heavy atom. The highest BCUT2D eigenvalue weighted by molar-refractivity contribution is 6.08. The molecule has 0 aromatic heterocycles. The molecule has 0 aliphatic carbocycles. The number of carbonyl (C=O) groups is 1. The molecule has 168 valence electrons. The second-order valence-corrected chi connectivity index (χ2v) is 9.17. The average Bonchev–Trinajstić information content (AvgIpc) is 2.71. The van der Waals surface area contributed by atoms with E-state index in [1.807, 2.05) is 45.9 Å². The van der Waals surface area contributed by atoms with Crippen molar-refractivity contribution in [2.24, 2.45) is 0 Å². The van der Waals surface area contributed by atoms with Crippen molar-refractivity contribution in [1.29, 1.82) is 0 Å². The highest BCUT2D eigenvalue weighted by atomic mass is 16.5. The van der Waals surface area contributed by atoms with Crippen molar-refractivity contribution in [2.45, 2.75) is 52.6 Å². The van der Waals surface area contributed by atoms with Crippen LogP contribution >= 0.6 is 0 Å². The molecule has 0 spiro atoms. The number of hydrogen-bond acceptors (Lipinski definition) is 6. The molecule has 0 radical (unpaired) electrons. The Labute approximate surface area is 187 Å². The summed E-state index contributed by atoms with van der Waals surface area (Å²) >= 11 is 0. The highest BCUT2D eigenvalue weighted by Gasteiger charge is 2.39. The zero-order valence-electron chi connectivity index (χ0n) is 18.9. The fraction of sp³-hybridized carbons (Fsp3) is 0.346. The zero-order chi connectivity index (χ0) is 23.4. The molecule has 2 aromatic rings. The van der Waals surface area contributed by atoms with Crippen molar-refractivity contribution in [2.75, 3.05) is 6.61 Å². The molecule has 6 nitrogen and oxygen atoms in total. The first kappa shape index (κ1) is 21.8. The number of rotatable bonds is 3. The van der Waals surface area contributed by atoms with E-state index in [4.69, 9.17) is 9.47 Å². The molecule has 0 fully saturated rings. The number of phenolic OH excluding ortho intramolecular Hbond substituents is 3. The quantitative estimate of drug-likeness (QED) is 0.575. The Morgan fingerprint density at radius 3 is 2.56 bits per heavy atom. The van der Waals surface area contributed by atoms with Crippen molar-refractivity contribution in [3.05, 3.63) is 57.7 Å². The average molecular weight is 437 g/mol. The third kappa shape index (κ3) is 3.49. The monoisotopic (exact) mass is 436 g/mol. The molecular formula is C26H28O6. The minimum absolute atomic E-state index is 0.00156. The van der Waals surface area contributed by atoms with E-state index in [0.717, 1.165) is 5.57 Å². The van der Waals surface area contributed by atoms with Gasteiger partial charge in [0, 0.05) is 16.7 Å². The lowest BCUT2D eigenvalue weighted by molar-refractivity contribution is 0.0887. The van der Waals surface area contributed by atoms with Crippen molar-refractivity contribution < 1.29 is 29.6 Å². The summed E-state index contributed by atoms with van der Waals surface area (Å²) in [6, 6.07) is 3.00. The Morgan fingerprint density at radius 2 is 1.88 bits per heavy atom. The van der Waals surface area contributed by atoms with E-state index >= 15 is 0 Å². The van der Waals surface area contributed by atoms with Gasteiger partial charge in [-0.1, -0.05) is 17.7 Å². The van der Waals surface area contributed by atoms with Gasteiger partial charge in [-0.25, -0.2) is 0 Å². The standard InChI is InChI=1S/C26H28O6/c1-13(2)6-7-16-19(27)9-8-15(22(16)29)18-12-31-25-17-10-11-26(4,5)32-24(17)14(3)21(28)20(25)23(18)30/h6,8-11,18,27-29H,7,12H2,1-5H3. The molecular weight excluding hydrogens is 408 g/mol. The second-order valence-electron chi connectivity index (χ2n) is 9.17. The molecule has 2 heterocycles. The van der Waals surface area contributed by atoms with Gasteiger partial charge < -0.3 is 24.8 Å². The third-order valence-electron chi connectivity index (χ3n) is 6.00. The number of ether oxygens (including phenoxy) is 2. The number of carbonyl (C=O) groups excluding carboxylic acids is 1. The van der Waals surface area contributed by atoms with Crippen LogP contribution in [0.2, 0.25) is 0 Å². The van der Waals surface area contributed by atoms with E-state index in [1.165, 1.54) is 12.1 Å². The fourth-order valence-corrected chi connectivity index (χ4v) is 4.16. The molecule has 0 saturated heterocycles. The molecule has 1 atom stereocenters. The van der Waals surface area contributed by atoms with Crippen LogP contribution in [-0.2, 0) is 6.42 Å². The van der Waals surface area contributed by atoms with Crippen LogP contribution in [0.3, 0.4) is 0 Å². The fourth-order valence-electron chi connectivity index (χ4n) is 4.16. The molecule has 2 aliphatic rings. The maximum Gasteiger partial charge on any atom is 0.181 e. The summed E-state index contributed by atoms with van der Waals surface area (Å²) in [5, 5.41) is 32.0. The van der Waals surface area contributed by atoms with Gasteiger partial charge >= 0.3 is 0 Å². The predicted octanol–water partition coefficient (Wildman–Crippen LogP) is 5.16. The number of benzene rings is 2. The van der Waals surface area contributed by atoms with E-state index in [0.29, 0.717) is 40.2 Å². The van der Waals surface area contributed by atoms with Gasteiger partial charge in [0.05, 0.1) is 11.5 Å². The SMILES string of the molecule is CC(C)=CCc1c(O)ccc(C2COc3c4c(c(C)c(O)c3C2=O)OC(C)(C)C=C4)c1O.